The fourth-order valence-corrected chi connectivity index (χ4v) is 2.10. The van der Waals surface area contributed by atoms with Crippen LogP contribution in [0.4, 0.5) is 4.39 Å². The number of halogens is 1. The van der Waals surface area contributed by atoms with Gasteiger partial charge in [0.1, 0.15) is 5.82 Å². The minimum atomic E-state index is -0.201. The van der Waals surface area contributed by atoms with E-state index in [1.807, 2.05) is 0 Å². The number of ether oxygens (including phenoxy) is 1. The number of rotatable bonds is 4. The number of methoxy groups -OCH3 is 1. The van der Waals surface area contributed by atoms with Crippen molar-refractivity contribution in [2.24, 2.45) is 5.92 Å². The molecule has 3 heteroatoms. The van der Waals surface area contributed by atoms with Crippen molar-refractivity contribution in [3.63, 3.8) is 0 Å². The van der Waals surface area contributed by atoms with Crippen molar-refractivity contribution in [1.82, 2.24) is 5.32 Å². The molecule has 1 aromatic rings. The Morgan fingerprint density at radius 3 is 2.75 bits per heavy atom. The summed E-state index contributed by atoms with van der Waals surface area (Å²) >= 11 is 0. The van der Waals surface area contributed by atoms with Crippen LogP contribution in [0.5, 0.6) is 0 Å². The van der Waals surface area contributed by atoms with E-state index in [0.29, 0.717) is 5.92 Å². The normalized spacial score (nSPS) is 22.2. The summed E-state index contributed by atoms with van der Waals surface area (Å²) in [6.07, 6.45) is 3.28. The molecule has 0 bridgehead atoms. The van der Waals surface area contributed by atoms with Crippen LogP contribution in [0, 0.1) is 18.2 Å². The van der Waals surface area contributed by atoms with Gasteiger partial charge >= 0.3 is 0 Å². The van der Waals surface area contributed by atoms with Crippen LogP contribution in [0.3, 0.4) is 0 Å². The fraction of sp³-hybridized carbons (Fsp3) is 0.462. The first kappa shape index (κ1) is 11.6. The SMILES string of the molecule is COC(CC1[CH]CNC1)c1ccc(F)cc1. The Hall–Kier alpha value is -0.930. The second-order valence-electron chi connectivity index (χ2n) is 4.17. The molecule has 0 aromatic heterocycles. The molecular formula is C13H17FNO. The third kappa shape index (κ3) is 2.80. The molecule has 1 radical (unpaired) electrons. The Morgan fingerprint density at radius 2 is 2.19 bits per heavy atom. The highest BCUT2D eigenvalue weighted by Gasteiger charge is 2.21. The first-order valence-electron chi connectivity index (χ1n) is 5.62. The third-order valence-electron chi connectivity index (χ3n) is 3.05. The number of hydrogen-bond acceptors (Lipinski definition) is 2. The lowest BCUT2D eigenvalue weighted by atomic mass is 9.96. The molecule has 0 spiro atoms. The summed E-state index contributed by atoms with van der Waals surface area (Å²) in [6, 6.07) is 6.56. The van der Waals surface area contributed by atoms with Gasteiger partial charge in [0.15, 0.2) is 0 Å². The molecule has 2 atom stereocenters. The van der Waals surface area contributed by atoms with E-state index in [0.717, 1.165) is 25.1 Å². The fourth-order valence-electron chi connectivity index (χ4n) is 2.10. The zero-order valence-electron chi connectivity index (χ0n) is 9.45. The van der Waals surface area contributed by atoms with Gasteiger partial charge in [-0.1, -0.05) is 12.1 Å². The molecule has 0 aliphatic carbocycles. The smallest absolute Gasteiger partial charge is 0.123 e. The molecule has 87 valence electrons. The standard InChI is InChI=1S/C13H17FNO/c1-16-13(8-10-6-7-15-9-10)11-2-4-12(14)5-3-11/h2-6,10,13,15H,7-9H2,1H3. The van der Waals surface area contributed by atoms with Gasteiger partial charge in [-0.2, -0.15) is 0 Å². The highest BCUT2D eigenvalue weighted by Crippen LogP contribution is 2.27. The highest BCUT2D eigenvalue weighted by molar-refractivity contribution is 5.19. The first-order chi connectivity index (χ1) is 7.79. The van der Waals surface area contributed by atoms with Crippen LogP contribution >= 0.6 is 0 Å². The van der Waals surface area contributed by atoms with Crippen LogP contribution in [0.15, 0.2) is 24.3 Å². The summed E-state index contributed by atoms with van der Waals surface area (Å²) in [6.45, 7) is 1.99. The van der Waals surface area contributed by atoms with Gasteiger partial charge in [0.2, 0.25) is 0 Å². The Kier molecular flexibility index (Phi) is 3.91. The van der Waals surface area contributed by atoms with Crippen LogP contribution in [-0.2, 0) is 4.74 Å². The zero-order chi connectivity index (χ0) is 11.4. The average Bonchev–Trinajstić information content (AvgIpc) is 2.80. The van der Waals surface area contributed by atoms with E-state index in [1.165, 1.54) is 12.1 Å². The maximum absolute atomic E-state index is 12.8. The lowest BCUT2D eigenvalue weighted by Crippen LogP contribution is -2.13. The Morgan fingerprint density at radius 1 is 1.44 bits per heavy atom. The predicted molar refractivity (Wildman–Crippen MR) is 61.4 cm³/mol. The van der Waals surface area contributed by atoms with Gasteiger partial charge in [-0.25, -0.2) is 4.39 Å². The molecule has 1 aromatic carbocycles. The summed E-state index contributed by atoms with van der Waals surface area (Å²) in [4.78, 5) is 0. The molecule has 2 unspecified atom stereocenters. The summed E-state index contributed by atoms with van der Waals surface area (Å²) in [5, 5.41) is 3.29. The number of nitrogens with one attached hydrogen (secondary N) is 1. The van der Waals surface area contributed by atoms with Crippen LogP contribution in [-0.4, -0.2) is 20.2 Å². The third-order valence-corrected chi connectivity index (χ3v) is 3.05. The van der Waals surface area contributed by atoms with E-state index in [-0.39, 0.29) is 11.9 Å². The van der Waals surface area contributed by atoms with E-state index in [9.17, 15) is 4.39 Å². The molecule has 1 fully saturated rings. The number of benzene rings is 1. The largest absolute Gasteiger partial charge is 0.377 e. The molecule has 1 saturated heterocycles. The quantitative estimate of drug-likeness (QED) is 0.844. The molecule has 1 heterocycles. The van der Waals surface area contributed by atoms with Gasteiger partial charge in [-0.3, -0.25) is 0 Å². The van der Waals surface area contributed by atoms with Crippen LogP contribution < -0.4 is 5.32 Å². The molecule has 0 amide bonds. The van der Waals surface area contributed by atoms with Gasteiger partial charge in [0, 0.05) is 7.11 Å². The van der Waals surface area contributed by atoms with Crippen molar-refractivity contribution in [1.29, 1.82) is 0 Å². The molecular weight excluding hydrogens is 205 g/mol. The van der Waals surface area contributed by atoms with Crippen molar-refractivity contribution in [2.75, 3.05) is 20.2 Å². The van der Waals surface area contributed by atoms with Crippen LogP contribution in [0.25, 0.3) is 0 Å². The zero-order valence-corrected chi connectivity index (χ0v) is 9.45. The predicted octanol–water partition coefficient (Wildman–Crippen LogP) is 2.33. The van der Waals surface area contributed by atoms with E-state index >= 15 is 0 Å². The van der Waals surface area contributed by atoms with Gasteiger partial charge in [0.05, 0.1) is 6.10 Å². The lowest BCUT2D eigenvalue weighted by molar-refractivity contribution is 0.0859. The lowest BCUT2D eigenvalue weighted by Gasteiger charge is -2.19. The second kappa shape index (κ2) is 5.41. The van der Waals surface area contributed by atoms with Gasteiger partial charge in [0.25, 0.3) is 0 Å². The van der Waals surface area contributed by atoms with Crippen molar-refractivity contribution < 1.29 is 9.13 Å². The van der Waals surface area contributed by atoms with E-state index in [2.05, 4.69) is 11.7 Å². The molecule has 1 aliphatic rings. The van der Waals surface area contributed by atoms with Crippen LogP contribution in [0.1, 0.15) is 18.1 Å². The highest BCUT2D eigenvalue weighted by atomic mass is 19.1. The molecule has 16 heavy (non-hydrogen) atoms. The number of hydrogen-bond donors (Lipinski definition) is 1. The van der Waals surface area contributed by atoms with Gasteiger partial charge < -0.3 is 10.1 Å². The maximum Gasteiger partial charge on any atom is 0.123 e. The van der Waals surface area contributed by atoms with Gasteiger partial charge in [-0.15, -0.1) is 0 Å². The second-order valence-corrected chi connectivity index (χ2v) is 4.17. The average molecular weight is 222 g/mol. The van der Waals surface area contributed by atoms with E-state index in [4.69, 9.17) is 4.74 Å². The molecule has 2 nitrogen and oxygen atoms in total. The maximum atomic E-state index is 12.8. The van der Waals surface area contributed by atoms with Crippen molar-refractivity contribution in [2.45, 2.75) is 12.5 Å². The topological polar surface area (TPSA) is 21.3 Å². The molecule has 1 N–H and O–H groups in total. The minimum absolute atomic E-state index is 0.0572. The van der Waals surface area contributed by atoms with Crippen LogP contribution in [0.2, 0.25) is 0 Å². The molecule has 2 rings (SSSR count). The summed E-state index contributed by atoms with van der Waals surface area (Å²) < 4.78 is 18.3. The Bertz CT molecular complexity index is 319. The first-order valence-corrected chi connectivity index (χ1v) is 5.62. The van der Waals surface area contributed by atoms with Crippen molar-refractivity contribution in [3.8, 4) is 0 Å². The minimum Gasteiger partial charge on any atom is -0.377 e. The Balaban J connectivity index is 2.00. The van der Waals surface area contributed by atoms with E-state index in [1.54, 1.807) is 19.2 Å². The summed E-state index contributed by atoms with van der Waals surface area (Å²) in [5.74, 6) is 0.350. The van der Waals surface area contributed by atoms with E-state index < -0.39 is 0 Å². The monoisotopic (exact) mass is 222 g/mol. The Labute approximate surface area is 95.8 Å². The summed E-state index contributed by atoms with van der Waals surface area (Å²) in [7, 11) is 1.70. The van der Waals surface area contributed by atoms with Crippen molar-refractivity contribution >= 4 is 0 Å². The molecule has 1 aliphatic heterocycles. The van der Waals surface area contributed by atoms with Crippen molar-refractivity contribution in [3.05, 3.63) is 42.1 Å². The summed E-state index contributed by atoms with van der Waals surface area (Å²) in [5.41, 5.74) is 1.05. The molecule has 0 saturated carbocycles. The van der Waals surface area contributed by atoms with Gasteiger partial charge in [-0.05, 0) is 49.5 Å².